The number of amides is 3. The topological polar surface area (TPSA) is 150 Å². The fraction of sp³-hybridized carbons (Fsp3) is 0.438. The molecule has 12 nitrogen and oxygen atoms in total. The maximum atomic E-state index is 12.9. The first-order chi connectivity index (χ1) is 22.7. The molecule has 48 heavy (non-hydrogen) atoms. The zero-order valence-corrected chi connectivity index (χ0v) is 27.2. The summed E-state index contributed by atoms with van der Waals surface area (Å²) in [4.78, 5) is 51.8. The van der Waals surface area contributed by atoms with Crippen LogP contribution >= 0.6 is 11.6 Å². The predicted molar refractivity (Wildman–Crippen MR) is 172 cm³/mol. The van der Waals surface area contributed by atoms with Gasteiger partial charge in [-0.2, -0.15) is 28.1 Å². The highest BCUT2D eigenvalue weighted by molar-refractivity contribution is 6.35. The Bertz CT molecular complexity index is 1630. The van der Waals surface area contributed by atoms with Gasteiger partial charge < -0.3 is 30.9 Å². The number of nitrogens with one attached hydrogen (secondary N) is 4. The number of nitrogens with zero attached hydrogens (tertiary/aromatic N) is 4. The average molecular weight is 689 g/mol. The highest BCUT2D eigenvalue weighted by atomic mass is 35.5. The van der Waals surface area contributed by atoms with Crippen LogP contribution in [0.15, 0.2) is 48.5 Å². The van der Waals surface area contributed by atoms with Crippen molar-refractivity contribution in [3.63, 3.8) is 0 Å². The average Bonchev–Trinajstić information content (AvgIpc) is 3.83. The Labute approximate surface area is 280 Å². The highest BCUT2D eigenvalue weighted by Gasteiger charge is 2.45. The van der Waals surface area contributed by atoms with Gasteiger partial charge >= 0.3 is 24.0 Å². The summed E-state index contributed by atoms with van der Waals surface area (Å²) >= 11 is 6.02. The lowest BCUT2D eigenvalue weighted by molar-refractivity contribution is -0.154. The van der Waals surface area contributed by atoms with Crippen molar-refractivity contribution in [1.29, 1.82) is 0 Å². The van der Waals surface area contributed by atoms with Crippen LogP contribution in [0, 0.1) is 0 Å². The second kappa shape index (κ2) is 14.2. The van der Waals surface area contributed by atoms with E-state index in [1.807, 2.05) is 12.1 Å². The third kappa shape index (κ3) is 9.46. The number of rotatable bonds is 11. The van der Waals surface area contributed by atoms with E-state index in [1.54, 1.807) is 43.0 Å². The Balaban J connectivity index is 1.21. The van der Waals surface area contributed by atoms with E-state index in [0.29, 0.717) is 29.4 Å². The third-order valence-corrected chi connectivity index (χ3v) is 8.11. The summed E-state index contributed by atoms with van der Waals surface area (Å²) in [6, 6.07) is 12.9. The Hall–Kier alpha value is -4.66. The molecule has 0 atom stereocenters. The van der Waals surface area contributed by atoms with Crippen LogP contribution in [0.1, 0.15) is 61.9 Å². The molecule has 2 aromatic carbocycles. The molecule has 0 bridgehead atoms. The van der Waals surface area contributed by atoms with Gasteiger partial charge in [-0.1, -0.05) is 23.7 Å². The van der Waals surface area contributed by atoms with E-state index in [0.717, 1.165) is 37.7 Å². The molecule has 0 radical (unpaired) electrons. The maximum absolute atomic E-state index is 12.9. The second-order valence-corrected chi connectivity index (χ2v) is 12.9. The van der Waals surface area contributed by atoms with Gasteiger partial charge in [0.1, 0.15) is 0 Å². The number of halogens is 4. The van der Waals surface area contributed by atoms with Gasteiger partial charge in [0.2, 0.25) is 11.9 Å². The largest absolute Gasteiger partial charge is 0.454 e. The molecule has 3 amide bonds. The minimum atomic E-state index is -4.60. The summed E-state index contributed by atoms with van der Waals surface area (Å²) in [7, 11) is 0. The molecular formula is C32H36ClF3N8O4. The summed E-state index contributed by atoms with van der Waals surface area (Å²) in [5.74, 6) is -1.78. The molecule has 1 saturated carbocycles. The van der Waals surface area contributed by atoms with E-state index in [2.05, 4.69) is 36.2 Å². The van der Waals surface area contributed by atoms with Gasteiger partial charge in [-0.25, -0.2) is 0 Å². The lowest BCUT2D eigenvalue weighted by atomic mass is 10.0. The number of anilines is 3. The predicted octanol–water partition coefficient (Wildman–Crippen LogP) is 4.95. The van der Waals surface area contributed by atoms with Crippen molar-refractivity contribution in [2.75, 3.05) is 36.9 Å². The molecule has 256 valence electrons. The van der Waals surface area contributed by atoms with E-state index in [9.17, 15) is 27.6 Å². The van der Waals surface area contributed by atoms with Gasteiger partial charge in [0.05, 0.1) is 11.1 Å². The van der Waals surface area contributed by atoms with Gasteiger partial charge in [-0.05, 0) is 87.9 Å². The molecule has 2 heterocycles. The Morgan fingerprint density at radius 1 is 0.917 bits per heavy atom. The first-order valence-electron chi connectivity index (χ1n) is 15.5. The van der Waals surface area contributed by atoms with Crippen molar-refractivity contribution in [2.24, 2.45) is 0 Å². The molecule has 2 fully saturated rings. The zero-order valence-electron chi connectivity index (χ0n) is 26.4. The molecule has 0 spiro atoms. The van der Waals surface area contributed by atoms with E-state index >= 15 is 0 Å². The molecule has 1 saturated heterocycles. The van der Waals surface area contributed by atoms with Crippen molar-refractivity contribution in [1.82, 2.24) is 30.5 Å². The Morgan fingerprint density at radius 3 is 2.19 bits per heavy atom. The molecular weight excluding hydrogens is 653 g/mol. The van der Waals surface area contributed by atoms with Gasteiger partial charge in [-0.15, -0.1) is 0 Å². The Kier molecular flexibility index (Phi) is 10.3. The summed E-state index contributed by atoms with van der Waals surface area (Å²) in [5.41, 5.74) is 0.249. The van der Waals surface area contributed by atoms with Crippen LogP contribution in [0.3, 0.4) is 0 Å². The lowest BCUT2D eigenvalue weighted by Gasteiger charge is -2.30. The number of alkyl halides is 3. The maximum Gasteiger partial charge on any atom is 0.422 e. The smallest absolute Gasteiger partial charge is 0.422 e. The first-order valence-corrected chi connectivity index (χ1v) is 15.8. The highest BCUT2D eigenvalue weighted by Crippen LogP contribution is 2.48. The number of hydrogen-bond donors (Lipinski definition) is 4. The molecule has 16 heteroatoms. The number of carbonyl (C=O) groups excluding carboxylic acids is 3. The summed E-state index contributed by atoms with van der Waals surface area (Å²) in [5, 5.41) is 12.2. The fourth-order valence-corrected chi connectivity index (χ4v) is 5.28. The normalized spacial score (nSPS) is 15.7. The van der Waals surface area contributed by atoms with Crippen molar-refractivity contribution >= 4 is 46.9 Å². The minimum Gasteiger partial charge on any atom is -0.454 e. The van der Waals surface area contributed by atoms with Crippen LogP contribution in [-0.2, 0) is 15.1 Å². The number of likely N-dealkylation sites (tertiary alicyclic amines) is 1. The Morgan fingerprint density at radius 2 is 1.56 bits per heavy atom. The standard InChI is InChI=1S/C32H36ClF3N8O4/c1-30(2,42-25(46)26(47)44-16-4-3-5-17-44)18-37-24(45)20-6-12-23(13-7-20)38-27-39-28(41-29(40-27)48-19-32(34,35)36)43-31(14-15-31)21-8-10-22(33)11-9-21/h6-13H,3-5,14-19H2,1-2H3,(H,37,45)(H,42,46)(H2,38,39,40,41,43). The molecule has 1 aromatic heterocycles. The molecule has 2 aliphatic rings. The fourth-order valence-electron chi connectivity index (χ4n) is 5.16. The zero-order chi connectivity index (χ0) is 34.5. The number of carbonyl (C=O) groups is 3. The monoisotopic (exact) mass is 688 g/mol. The molecule has 5 rings (SSSR count). The molecule has 4 N–H and O–H groups in total. The van der Waals surface area contributed by atoms with E-state index in [1.165, 1.54) is 12.1 Å². The number of aromatic nitrogens is 3. The summed E-state index contributed by atoms with van der Waals surface area (Å²) in [6.45, 7) is 2.98. The quantitative estimate of drug-likeness (QED) is 0.205. The van der Waals surface area contributed by atoms with Crippen molar-refractivity contribution in [3.05, 3.63) is 64.7 Å². The van der Waals surface area contributed by atoms with E-state index in [4.69, 9.17) is 16.3 Å². The molecule has 1 aliphatic heterocycles. The number of hydrogen-bond acceptors (Lipinski definition) is 9. The molecule has 3 aromatic rings. The third-order valence-electron chi connectivity index (χ3n) is 7.86. The van der Waals surface area contributed by atoms with Crippen molar-refractivity contribution in [3.8, 4) is 6.01 Å². The second-order valence-electron chi connectivity index (χ2n) is 12.5. The number of benzene rings is 2. The molecule has 1 aliphatic carbocycles. The van der Waals surface area contributed by atoms with Crippen LogP contribution < -0.4 is 26.0 Å². The SMILES string of the molecule is CC(C)(CNC(=O)c1ccc(Nc2nc(NC3(c4ccc(Cl)cc4)CC3)nc(OCC(F)(F)F)n2)cc1)NC(=O)C(=O)N1CCCCC1. The van der Waals surface area contributed by atoms with Crippen molar-refractivity contribution in [2.45, 2.75) is 63.2 Å². The van der Waals surface area contributed by atoms with E-state index in [-0.39, 0.29) is 18.4 Å². The van der Waals surface area contributed by atoms with E-state index < -0.39 is 47.6 Å². The molecule has 0 unspecified atom stereocenters. The summed E-state index contributed by atoms with van der Waals surface area (Å²) < 4.78 is 43.5. The van der Waals surface area contributed by atoms with Gasteiger partial charge in [0, 0.05) is 35.9 Å². The van der Waals surface area contributed by atoms with Crippen LogP contribution in [0.5, 0.6) is 6.01 Å². The minimum absolute atomic E-state index is 0.0143. The van der Waals surface area contributed by atoms with Gasteiger partial charge in [0.25, 0.3) is 5.91 Å². The van der Waals surface area contributed by atoms with Gasteiger partial charge in [-0.3, -0.25) is 14.4 Å². The van der Waals surface area contributed by atoms with Crippen LogP contribution in [0.25, 0.3) is 0 Å². The summed E-state index contributed by atoms with van der Waals surface area (Å²) in [6.07, 6.45) is -0.356. The lowest BCUT2D eigenvalue weighted by Crippen LogP contribution is -2.56. The first kappa shape index (κ1) is 34.7. The van der Waals surface area contributed by atoms with Crippen LogP contribution in [0.2, 0.25) is 5.02 Å². The number of ether oxygens (including phenoxy) is 1. The van der Waals surface area contributed by atoms with Crippen LogP contribution in [0.4, 0.5) is 30.8 Å². The van der Waals surface area contributed by atoms with Crippen LogP contribution in [-0.4, -0.2) is 75.5 Å². The van der Waals surface area contributed by atoms with Crippen molar-refractivity contribution < 1.29 is 32.3 Å². The van der Waals surface area contributed by atoms with Gasteiger partial charge in [0.15, 0.2) is 6.61 Å². The number of piperidine rings is 1.